The van der Waals surface area contributed by atoms with Crippen molar-refractivity contribution in [2.45, 2.75) is 65.5 Å². The van der Waals surface area contributed by atoms with E-state index >= 15 is 0 Å². The Hall–Kier alpha value is -1.64. The summed E-state index contributed by atoms with van der Waals surface area (Å²) in [5, 5.41) is 7.35. The molecule has 2 nitrogen and oxygen atoms in total. The van der Waals surface area contributed by atoms with Gasteiger partial charge in [0.05, 0.1) is 0 Å². The van der Waals surface area contributed by atoms with Crippen molar-refractivity contribution >= 4 is 0 Å². The molecule has 0 spiro atoms. The predicted octanol–water partition coefficient (Wildman–Crippen LogP) is 5.82. The first-order valence-corrected chi connectivity index (χ1v) is 11.0. The molecular weight excluding hydrogens is 340 g/mol. The normalized spacial score (nSPS) is 16.1. The standard InChI is InChI=1S/C26H40N2/c1-19(2)27-17-21(5)25(23-13-9-7-10-14-23)26(22(6)18-28-20(3)4)24-15-11-8-12-16-24/h7-16,19-22,25-28H,17-18H2,1-6H3/t21-,22?,25-,26?/m1/s1. The van der Waals surface area contributed by atoms with Crippen molar-refractivity contribution in [2.24, 2.45) is 11.8 Å². The number of nitrogens with one attached hydrogen (secondary N) is 2. The zero-order chi connectivity index (χ0) is 20.5. The zero-order valence-electron chi connectivity index (χ0n) is 18.7. The van der Waals surface area contributed by atoms with E-state index in [0.29, 0.717) is 35.8 Å². The lowest BCUT2D eigenvalue weighted by Gasteiger charge is -2.37. The SMILES string of the molecule is CC(C)NCC(C)C(c1ccccc1)[C@@H](c1ccccc1)[C@H](C)CNC(C)C. The van der Waals surface area contributed by atoms with Crippen LogP contribution in [0.5, 0.6) is 0 Å². The molecule has 4 atom stereocenters. The lowest BCUT2D eigenvalue weighted by molar-refractivity contribution is 0.294. The molecule has 2 heteroatoms. The predicted molar refractivity (Wildman–Crippen MR) is 123 cm³/mol. The van der Waals surface area contributed by atoms with E-state index in [1.165, 1.54) is 11.1 Å². The third-order valence-corrected chi connectivity index (χ3v) is 5.68. The fraction of sp³-hybridized carbons (Fsp3) is 0.538. The van der Waals surface area contributed by atoms with Crippen molar-refractivity contribution in [3.8, 4) is 0 Å². The molecule has 0 amide bonds. The molecule has 0 aliphatic rings. The fourth-order valence-electron chi connectivity index (χ4n) is 4.23. The van der Waals surface area contributed by atoms with Gasteiger partial charge in [-0.15, -0.1) is 0 Å². The maximum Gasteiger partial charge on any atom is 0.00104 e. The first-order chi connectivity index (χ1) is 13.4. The maximum absolute atomic E-state index is 3.68. The lowest BCUT2D eigenvalue weighted by Crippen LogP contribution is -2.37. The molecule has 2 aromatic carbocycles. The minimum Gasteiger partial charge on any atom is -0.314 e. The van der Waals surface area contributed by atoms with E-state index in [1.807, 2.05) is 0 Å². The van der Waals surface area contributed by atoms with E-state index in [2.05, 4.69) is 113 Å². The van der Waals surface area contributed by atoms with Gasteiger partial charge in [0.1, 0.15) is 0 Å². The van der Waals surface area contributed by atoms with Crippen LogP contribution in [-0.4, -0.2) is 25.2 Å². The molecule has 0 aliphatic carbocycles. The first kappa shape index (κ1) is 22.6. The Kier molecular flexibility index (Phi) is 9.21. The molecule has 0 heterocycles. The summed E-state index contributed by atoms with van der Waals surface area (Å²) in [5.74, 6) is 2.02. The zero-order valence-corrected chi connectivity index (χ0v) is 18.7. The van der Waals surface area contributed by atoms with Crippen molar-refractivity contribution in [1.82, 2.24) is 10.6 Å². The second kappa shape index (κ2) is 11.4. The molecule has 0 saturated heterocycles. The first-order valence-electron chi connectivity index (χ1n) is 11.0. The van der Waals surface area contributed by atoms with Crippen LogP contribution in [0.1, 0.15) is 64.5 Å². The molecule has 2 aromatic rings. The van der Waals surface area contributed by atoms with Crippen LogP contribution in [0.15, 0.2) is 60.7 Å². The lowest BCUT2D eigenvalue weighted by atomic mass is 9.69. The third-order valence-electron chi connectivity index (χ3n) is 5.68. The summed E-state index contributed by atoms with van der Waals surface area (Å²) in [5.41, 5.74) is 2.90. The molecule has 28 heavy (non-hydrogen) atoms. The van der Waals surface area contributed by atoms with Crippen LogP contribution in [-0.2, 0) is 0 Å². The van der Waals surface area contributed by atoms with Crippen LogP contribution >= 0.6 is 0 Å². The Morgan fingerprint density at radius 3 is 1.14 bits per heavy atom. The molecule has 0 fully saturated rings. The molecule has 2 unspecified atom stereocenters. The fourth-order valence-corrected chi connectivity index (χ4v) is 4.23. The van der Waals surface area contributed by atoms with E-state index in [1.54, 1.807) is 0 Å². The molecule has 0 radical (unpaired) electrons. The topological polar surface area (TPSA) is 24.1 Å². The van der Waals surface area contributed by atoms with Gasteiger partial charge in [0.15, 0.2) is 0 Å². The van der Waals surface area contributed by atoms with Gasteiger partial charge in [0.2, 0.25) is 0 Å². The summed E-state index contributed by atoms with van der Waals surface area (Å²) >= 11 is 0. The van der Waals surface area contributed by atoms with E-state index < -0.39 is 0 Å². The molecule has 2 rings (SSSR count). The highest BCUT2D eigenvalue weighted by Gasteiger charge is 2.33. The highest BCUT2D eigenvalue weighted by atomic mass is 14.9. The van der Waals surface area contributed by atoms with Crippen LogP contribution < -0.4 is 10.6 Å². The molecular formula is C26H40N2. The number of rotatable bonds is 11. The van der Waals surface area contributed by atoms with Gasteiger partial charge >= 0.3 is 0 Å². The Balaban J connectivity index is 2.41. The van der Waals surface area contributed by atoms with Crippen molar-refractivity contribution in [3.63, 3.8) is 0 Å². The van der Waals surface area contributed by atoms with Crippen molar-refractivity contribution in [2.75, 3.05) is 13.1 Å². The Labute approximate surface area is 173 Å². The summed E-state index contributed by atoms with van der Waals surface area (Å²) in [6.45, 7) is 15.8. The average Bonchev–Trinajstić information content (AvgIpc) is 2.69. The molecule has 154 valence electrons. The van der Waals surface area contributed by atoms with Crippen LogP contribution in [0.3, 0.4) is 0 Å². The van der Waals surface area contributed by atoms with Crippen LogP contribution in [0.4, 0.5) is 0 Å². The molecule has 2 N–H and O–H groups in total. The van der Waals surface area contributed by atoms with Crippen LogP contribution in [0.2, 0.25) is 0 Å². The summed E-state index contributed by atoms with van der Waals surface area (Å²) in [6.07, 6.45) is 0. The molecule has 0 aromatic heterocycles. The van der Waals surface area contributed by atoms with Gasteiger partial charge in [-0.1, -0.05) is 102 Å². The third kappa shape index (κ3) is 6.76. The number of benzene rings is 2. The van der Waals surface area contributed by atoms with Crippen molar-refractivity contribution < 1.29 is 0 Å². The summed E-state index contributed by atoms with van der Waals surface area (Å²) in [4.78, 5) is 0. The Morgan fingerprint density at radius 2 is 0.857 bits per heavy atom. The number of hydrogen-bond acceptors (Lipinski definition) is 2. The van der Waals surface area contributed by atoms with Crippen LogP contribution in [0.25, 0.3) is 0 Å². The van der Waals surface area contributed by atoms with Gasteiger partial charge in [0.25, 0.3) is 0 Å². The monoisotopic (exact) mass is 380 g/mol. The minimum absolute atomic E-state index is 0.471. The number of hydrogen-bond donors (Lipinski definition) is 2. The second-order valence-electron chi connectivity index (χ2n) is 8.95. The molecule has 0 aliphatic heterocycles. The minimum atomic E-state index is 0.471. The molecule has 0 bridgehead atoms. The van der Waals surface area contributed by atoms with Crippen LogP contribution in [0, 0.1) is 11.8 Å². The second-order valence-corrected chi connectivity index (χ2v) is 8.95. The van der Waals surface area contributed by atoms with Crippen molar-refractivity contribution in [3.05, 3.63) is 71.8 Å². The Morgan fingerprint density at radius 1 is 0.536 bits per heavy atom. The van der Waals surface area contributed by atoms with E-state index in [4.69, 9.17) is 0 Å². The van der Waals surface area contributed by atoms with Gasteiger partial charge in [-0.05, 0) is 47.9 Å². The summed E-state index contributed by atoms with van der Waals surface area (Å²) in [6, 6.07) is 23.3. The van der Waals surface area contributed by atoms with Gasteiger partial charge in [-0.25, -0.2) is 0 Å². The van der Waals surface area contributed by atoms with Crippen molar-refractivity contribution in [1.29, 1.82) is 0 Å². The van der Waals surface area contributed by atoms with E-state index in [0.717, 1.165) is 13.1 Å². The van der Waals surface area contributed by atoms with Gasteiger partial charge in [-0.2, -0.15) is 0 Å². The quantitative estimate of drug-likeness (QED) is 0.513. The van der Waals surface area contributed by atoms with Gasteiger partial charge in [0, 0.05) is 12.1 Å². The van der Waals surface area contributed by atoms with E-state index in [-0.39, 0.29) is 0 Å². The highest BCUT2D eigenvalue weighted by Crippen LogP contribution is 2.43. The van der Waals surface area contributed by atoms with Gasteiger partial charge < -0.3 is 10.6 Å². The maximum atomic E-state index is 3.68. The summed E-state index contributed by atoms with van der Waals surface area (Å²) in [7, 11) is 0. The largest absolute Gasteiger partial charge is 0.314 e. The van der Waals surface area contributed by atoms with E-state index in [9.17, 15) is 0 Å². The Bertz CT molecular complexity index is 591. The smallest absolute Gasteiger partial charge is 0.00104 e. The van der Waals surface area contributed by atoms with Gasteiger partial charge in [-0.3, -0.25) is 0 Å². The molecule has 0 saturated carbocycles. The average molecular weight is 381 g/mol. The summed E-state index contributed by atoms with van der Waals surface area (Å²) < 4.78 is 0. The highest BCUT2D eigenvalue weighted by molar-refractivity contribution is 5.30.